The predicted octanol–water partition coefficient (Wildman–Crippen LogP) is 5.91. The number of aliphatic hydroxyl groups is 3. The van der Waals surface area contributed by atoms with E-state index in [1.54, 1.807) is 56.5 Å². The first-order valence-electron chi connectivity index (χ1n) is 17.8. The first kappa shape index (κ1) is 43.1. The van der Waals surface area contributed by atoms with E-state index in [2.05, 4.69) is 19.2 Å². The summed E-state index contributed by atoms with van der Waals surface area (Å²) in [7, 11) is 1.70. The maximum Gasteiger partial charge on any atom is 0.309 e. The molecule has 51 heavy (non-hydrogen) atoms. The summed E-state index contributed by atoms with van der Waals surface area (Å²) in [4.78, 5) is 24.7. The van der Waals surface area contributed by atoms with Gasteiger partial charge in [-0.1, -0.05) is 74.3 Å². The molecule has 2 heterocycles. The van der Waals surface area contributed by atoms with Crippen molar-refractivity contribution in [3.8, 4) is 0 Å². The van der Waals surface area contributed by atoms with Crippen molar-refractivity contribution < 1.29 is 43.9 Å². The molecule has 1 aromatic carbocycles. The number of aliphatic hydroxyl groups excluding tert-OH is 1. The van der Waals surface area contributed by atoms with E-state index in [0.29, 0.717) is 28.6 Å². The Labute approximate surface area is 313 Å². The molecule has 1 fully saturated rings. The minimum atomic E-state index is -1.46. The molecule has 4 N–H and O–H groups in total. The maximum atomic E-state index is 12.9. The fraction of sp³-hybridized carbons (Fsp3) is 0.641. The van der Waals surface area contributed by atoms with Crippen LogP contribution < -0.4 is 5.32 Å². The SMILES string of the molecule is CC[C@H](OC)[C@@H](C)[C@H]1O[C@@H]1C(NCCc1ccc(Cl)cc1Cl)C(C)(O)/C=C/C=C(\C)C1OC(=O)C[C@H](O)CC[C@@](C)(O)[C@@H](OC(C)=O)/C=C/[C@@H]1C. The van der Waals surface area contributed by atoms with Crippen molar-refractivity contribution in [3.63, 3.8) is 0 Å². The first-order chi connectivity index (χ1) is 23.9. The van der Waals surface area contributed by atoms with Gasteiger partial charge in [0.2, 0.25) is 0 Å². The van der Waals surface area contributed by atoms with Crippen molar-refractivity contribution in [1.29, 1.82) is 0 Å². The van der Waals surface area contributed by atoms with E-state index in [1.165, 1.54) is 13.8 Å². The van der Waals surface area contributed by atoms with Crippen LogP contribution in [-0.2, 0) is 35.0 Å². The van der Waals surface area contributed by atoms with E-state index in [0.717, 1.165) is 12.0 Å². The number of hydrogen-bond donors (Lipinski definition) is 4. The number of allylic oxidation sites excluding steroid dienone is 2. The molecule has 2 aliphatic rings. The summed E-state index contributed by atoms with van der Waals surface area (Å²) < 4.78 is 23.2. The van der Waals surface area contributed by atoms with E-state index in [-0.39, 0.29) is 43.5 Å². The summed E-state index contributed by atoms with van der Waals surface area (Å²) >= 11 is 12.5. The van der Waals surface area contributed by atoms with Gasteiger partial charge in [0.25, 0.3) is 0 Å². The summed E-state index contributed by atoms with van der Waals surface area (Å²) in [5.74, 6) is -1.42. The van der Waals surface area contributed by atoms with Gasteiger partial charge in [-0.3, -0.25) is 9.59 Å². The topological polar surface area (TPSA) is 147 Å². The second-order valence-corrected chi connectivity index (χ2v) is 15.3. The fourth-order valence-electron chi connectivity index (χ4n) is 6.76. The number of rotatable bonds is 14. The Morgan fingerprint density at radius 1 is 1.24 bits per heavy atom. The molecule has 286 valence electrons. The highest BCUT2D eigenvalue weighted by molar-refractivity contribution is 6.35. The number of hydrogen-bond acceptors (Lipinski definition) is 10. The normalized spacial score (nSPS) is 31.4. The molecule has 3 rings (SSSR count). The van der Waals surface area contributed by atoms with Crippen molar-refractivity contribution in [2.45, 2.75) is 134 Å². The van der Waals surface area contributed by atoms with Gasteiger partial charge in [-0.15, -0.1) is 0 Å². The standard InChI is InChI=1S/C39H57Cl2NO9/c1-9-31(48-8)25(4)35-36(51-35)37(42-20-17-27-13-14-28(40)21-30(27)41)39(7,47)18-10-11-23(2)34-24(3)12-15-32(49-26(5)43)38(6,46)19-16-29(44)22-33(45)50-34/h10-15,18,21,24-25,29,31-32,34-37,42,44,46-47H,9,16-17,19-20,22H2,1-8H3/b15-12+,18-10+,23-11+/t24-,25+,29+,31-,32-,34?,35+,36-,37?,38+,39?/m0/s1. The third kappa shape index (κ3) is 12.7. The van der Waals surface area contributed by atoms with Gasteiger partial charge in [0.05, 0.1) is 36.4 Å². The molecule has 10 nitrogen and oxygen atoms in total. The number of carbonyl (C=O) groups is 2. The molecule has 2 aliphatic heterocycles. The average molecular weight is 755 g/mol. The summed E-state index contributed by atoms with van der Waals surface area (Å²) in [6.45, 7) is 12.9. The lowest BCUT2D eigenvalue weighted by atomic mass is 9.87. The largest absolute Gasteiger partial charge is 0.457 e. The molecule has 0 aromatic heterocycles. The highest BCUT2D eigenvalue weighted by Crippen LogP contribution is 2.39. The van der Waals surface area contributed by atoms with E-state index in [1.807, 2.05) is 19.9 Å². The van der Waals surface area contributed by atoms with Gasteiger partial charge < -0.3 is 39.6 Å². The van der Waals surface area contributed by atoms with Gasteiger partial charge >= 0.3 is 11.9 Å². The third-order valence-corrected chi connectivity index (χ3v) is 10.5. The minimum Gasteiger partial charge on any atom is -0.457 e. The number of methoxy groups -OCH3 is 1. The van der Waals surface area contributed by atoms with E-state index < -0.39 is 53.4 Å². The summed E-state index contributed by atoms with van der Waals surface area (Å²) in [6.07, 6.45) is 6.81. The summed E-state index contributed by atoms with van der Waals surface area (Å²) in [6, 6.07) is 4.91. The van der Waals surface area contributed by atoms with Gasteiger partial charge in [0, 0.05) is 35.9 Å². The van der Waals surface area contributed by atoms with Gasteiger partial charge in [-0.2, -0.15) is 0 Å². The zero-order chi connectivity index (χ0) is 38.1. The number of esters is 2. The van der Waals surface area contributed by atoms with Crippen molar-refractivity contribution >= 4 is 35.1 Å². The Kier molecular flexibility index (Phi) is 16.2. The number of carbonyl (C=O) groups excluding carboxylic acids is 2. The van der Waals surface area contributed by atoms with Crippen LogP contribution in [0.15, 0.2) is 54.2 Å². The third-order valence-electron chi connectivity index (χ3n) is 9.96. The van der Waals surface area contributed by atoms with Gasteiger partial charge in [0.15, 0.2) is 0 Å². The van der Waals surface area contributed by atoms with Gasteiger partial charge in [-0.25, -0.2) is 0 Å². The van der Waals surface area contributed by atoms with E-state index in [9.17, 15) is 24.9 Å². The number of halogens is 2. The molecular weight excluding hydrogens is 697 g/mol. The molecule has 0 saturated carbocycles. The summed E-state index contributed by atoms with van der Waals surface area (Å²) in [5.41, 5.74) is -1.22. The Balaban J connectivity index is 1.86. The van der Waals surface area contributed by atoms with Crippen LogP contribution in [0.3, 0.4) is 0 Å². The quantitative estimate of drug-likeness (QED) is 0.0783. The molecule has 0 bridgehead atoms. The second kappa shape index (κ2) is 19.2. The average Bonchev–Trinajstić information content (AvgIpc) is 3.83. The van der Waals surface area contributed by atoms with Crippen LogP contribution >= 0.6 is 23.2 Å². The van der Waals surface area contributed by atoms with Crippen molar-refractivity contribution in [2.24, 2.45) is 11.8 Å². The monoisotopic (exact) mass is 753 g/mol. The second-order valence-electron chi connectivity index (χ2n) is 14.5. The van der Waals surface area contributed by atoms with Crippen LogP contribution in [0.2, 0.25) is 10.0 Å². The van der Waals surface area contributed by atoms with Crippen LogP contribution in [0, 0.1) is 11.8 Å². The molecule has 3 unspecified atom stereocenters. The Hall–Kier alpha value is -2.28. The van der Waals surface area contributed by atoms with Crippen LogP contribution in [0.25, 0.3) is 0 Å². The predicted molar refractivity (Wildman–Crippen MR) is 199 cm³/mol. The molecule has 11 atom stereocenters. The van der Waals surface area contributed by atoms with Crippen LogP contribution in [-0.4, -0.2) is 94.8 Å². The lowest BCUT2D eigenvalue weighted by molar-refractivity contribution is -0.157. The number of cyclic esters (lactones) is 1. The Morgan fingerprint density at radius 2 is 1.94 bits per heavy atom. The highest BCUT2D eigenvalue weighted by Gasteiger charge is 2.54. The highest BCUT2D eigenvalue weighted by atomic mass is 35.5. The van der Waals surface area contributed by atoms with Crippen molar-refractivity contribution in [3.05, 3.63) is 69.8 Å². The van der Waals surface area contributed by atoms with Gasteiger partial charge in [-0.05, 0) is 82.3 Å². The zero-order valence-corrected chi connectivity index (χ0v) is 32.6. The number of nitrogens with one attached hydrogen (secondary N) is 1. The lowest BCUT2D eigenvalue weighted by Crippen LogP contribution is -2.52. The van der Waals surface area contributed by atoms with Crippen molar-refractivity contribution in [1.82, 2.24) is 5.32 Å². The molecule has 0 radical (unpaired) electrons. The van der Waals surface area contributed by atoms with Crippen molar-refractivity contribution in [2.75, 3.05) is 13.7 Å². The fourth-order valence-corrected chi connectivity index (χ4v) is 7.26. The maximum absolute atomic E-state index is 12.9. The van der Waals surface area contributed by atoms with E-state index >= 15 is 0 Å². The molecule has 0 amide bonds. The first-order valence-corrected chi connectivity index (χ1v) is 18.5. The smallest absolute Gasteiger partial charge is 0.309 e. The molecule has 1 aromatic rings. The molecule has 0 aliphatic carbocycles. The van der Waals surface area contributed by atoms with Crippen LogP contribution in [0.1, 0.15) is 79.7 Å². The van der Waals surface area contributed by atoms with Gasteiger partial charge in [0.1, 0.15) is 23.9 Å². The molecule has 12 heteroatoms. The van der Waals surface area contributed by atoms with Crippen LogP contribution in [0.5, 0.6) is 0 Å². The Bertz CT molecular complexity index is 1410. The molecule has 0 spiro atoms. The number of benzene rings is 1. The number of ether oxygens (including phenoxy) is 4. The summed E-state index contributed by atoms with van der Waals surface area (Å²) in [5, 5.41) is 38.2. The number of epoxide rings is 1. The zero-order valence-electron chi connectivity index (χ0n) is 31.1. The minimum absolute atomic E-state index is 0.0147. The lowest BCUT2D eigenvalue weighted by Gasteiger charge is -2.32. The van der Waals surface area contributed by atoms with E-state index in [4.69, 9.17) is 42.1 Å². The Morgan fingerprint density at radius 3 is 2.57 bits per heavy atom. The molecule has 1 saturated heterocycles. The molecular formula is C39H57Cl2NO9. The van der Waals surface area contributed by atoms with Crippen LogP contribution in [0.4, 0.5) is 0 Å².